The van der Waals surface area contributed by atoms with Crippen LogP contribution in [0.3, 0.4) is 0 Å². The molecule has 2 aromatic rings. The number of rotatable bonds is 18. The van der Waals surface area contributed by atoms with Crippen LogP contribution in [-0.2, 0) is 0 Å². The van der Waals surface area contributed by atoms with E-state index in [0.717, 1.165) is 8.68 Å². The molecule has 180 valence electrons. The highest BCUT2D eigenvalue weighted by Gasteiger charge is 2.06. The molecule has 0 bridgehead atoms. The van der Waals surface area contributed by atoms with Crippen LogP contribution in [0, 0.1) is 0 Å². The van der Waals surface area contributed by atoms with Crippen molar-refractivity contribution >= 4 is 79.5 Å². The fraction of sp³-hybridized carbons (Fsp3) is 0.800. The minimum Gasteiger partial charge on any atom is -0.197 e. The minimum absolute atomic E-state index is 0. The van der Waals surface area contributed by atoms with Gasteiger partial charge in [-0.3, -0.25) is 0 Å². The quantitative estimate of drug-likeness (QED) is 0.132. The molecule has 0 N–H and O–H groups in total. The summed E-state index contributed by atoms with van der Waals surface area (Å²) in [6.07, 6.45) is 18.1. The molecule has 0 fully saturated rings. The van der Waals surface area contributed by atoms with Crippen LogP contribution in [0.25, 0.3) is 0 Å². The first-order valence-electron chi connectivity index (χ1n) is 11.0. The second kappa shape index (κ2) is 25.5. The Labute approximate surface area is 220 Å². The molecule has 0 saturated heterocycles. The van der Waals surface area contributed by atoms with Gasteiger partial charge in [-0.2, -0.15) is 13.5 Å². The Kier molecular flexibility index (Phi) is 26.2. The highest BCUT2D eigenvalue weighted by Crippen LogP contribution is 2.39. The zero-order valence-corrected chi connectivity index (χ0v) is 24.7. The number of aromatic nitrogens is 4. The predicted octanol–water partition coefficient (Wildman–Crippen LogP) is 9.39. The van der Waals surface area contributed by atoms with E-state index in [1.165, 1.54) is 100 Å². The van der Waals surface area contributed by atoms with Gasteiger partial charge in [0.25, 0.3) is 0 Å². The summed E-state index contributed by atoms with van der Waals surface area (Å²) >= 11 is 3.10. The van der Waals surface area contributed by atoms with Crippen molar-refractivity contribution in [1.29, 1.82) is 0 Å². The summed E-state index contributed by atoms with van der Waals surface area (Å²) < 4.78 is 5.73. The zero-order valence-electron chi connectivity index (χ0n) is 18.8. The molecule has 2 heterocycles. The highest BCUT2D eigenvalue weighted by atomic mass is 33.1. The lowest BCUT2D eigenvalue weighted by Gasteiger charge is -1.99. The Morgan fingerprint density at radius 3 is 1.58 bits per heavy atom. The highest BCUT2D eigenvalue weighted by molar-refractivity contribution is 8.77. The molecule has 2 rings (SSSR count). The van der Waals surface area contributed by atoms with E-state index in [9.17, 15) is 0 Å². The van der Waals surface area contributed by atoms with Gasteiger partial charge in [0.05, 0.1) is 6.20 Å². The van der Waals surface area contributed by atoms with Crippen molar-refractivity contribution < 1.29 is 0 Å². The molecule has 31 heavy (non-hydrogen) atoms. The van der Waals surface area contributed by atoms with E-state index < -0.39 is 0 Å². The Balaban J connectivity index is 0.00000131. The number of hydrogen-bond acceptors (Lipinski definition) is 10. The van der Waals surface area contributed by atoms with Crippen LogP contribution in [0.15, 0.2) is 20.3 Å². The molecule has 11 heteroatoms. The predicted molar refractivity (Wildman–Crippen MR) is 154 cm³/mol. The first-order chi connectivity index (χ1) is 14.9. The third-order valence-corrected chi connectivity index (χ3v) is 10.9. The monoisotopic (exact) mass is 558 g/mol. The molecule has 0 aromatic carbocycles. The molecule has 0 amide bonds. The summed E-state index contributed by atoms with van der Waals surface area (Å²) in [5.41, 5.74) is 0. The van der Waals surface area contributed by atoms with E-state index in [4.69, 9.17) is 0 Å². The summed E-state index contributed by atoms with van der Waals surface area (Å²) in [6, 6.07) is 0. The van der Waals surface area contributed by atoms with Gasteiger partial charge in [-0.15, -0.1) is 15.3 Å². The van der Waals surface area contributed by atoms with Gasteiger partial charge >= 0.3 is 0 Å². The lowest BCUT2D eigenvalue weighted by molar-refractivity contribution is 0.627. The van der Waals surface area contributed by atoms with Crippen molar-refractivity contribution in [1.82, 2.24) is 19.8 Å². The van der Waals surface area contributed by atoms with Crippen LogP contribution >= 0.6 is 79.5 Å². The molecule has 2 aromatic heterocycles. The lowest BCUT2D eigenvalue weighted by atomic mass is 10.1. The average molecular weight is 559 g/mol. The van der Waals surface area contributed by atoms with E-state index in [2.05, 4.69) is 33.6 Å². The van der Waals surface area contributed by atoms with Crippen molar-refractivity contribution in [3.63, 3.8) is 0 Å². The van der Waals surface area contributed by atoms with E-state index in [1.54, 1.807) is 39.1 Å². The summed E-state index contributed by atoms with van der Waals surface area (Å²) in [6.45, 7) is 4.54. The first kappa shape index (κ1) is 31.9. The molecule has 0 aliphatic carbocycles. The smallest absolute Gasteiger partial charge is 0.185 e. The first-order valence-corrected chi connectivity index (χ1v) is 17.3. The van der Waals surface area contributed by atoms with Crippen LogP contribution in [0.2, 0.25) is 0 Å². The minimum atomic E-state index is 0. The van der Waals surface area contributed by atoms with E-state index >= 15 is 0 Å². The standard InChI is InChI=1S/C18H34N2S5.C2H2N2S.H2S/c1-3-5-7-9-11-13-15-21-24-17-19-20-18(23-17)25-22-16-14-12-10-8-6-4-2;1-2-5-4-3-1;/h3-16H2,1-2H3;1-2H;1H2. The SMILES string of the molecule is CCCCCCCCSSc1nnc(SSCCCCCCCC)s1.S.c1csnn1. The molecule has 4 nitrogen and oxygen atoms in total. The largest absolute Gasteiger partial charge is 0.197 e. The molecular formula is C20H38N4S7. The van der Waals surface area contributed by atoms with Gasteiger partial charge in [-0.25, -0.2) is 0 Å². The van der Waals surface area contributed by atoms with E-state index in [-0.39, 0.29) is 13.5 Å². The Hall–Kier alpha value is 0.870. The average Bonchev–Trinajstić information content (AvgIpc) is 3.47. The molecule has 0 spiro atoms. The fourth-order valence-electron chi connectivity index (χ4n) is 2.47. The topological polar surface area (TPSA) is 51.6 Å². The van der Waals surface area contributed by atoms with E-state index in [0.29, 0.717) is 0 Å². The molecule has 0 radical (unpaired) electrons. The van der Waals surface area contributed by atoms with Gasteiger partial charge in [0.15, 0.2) is 8.68 Å². The van der Waals surface area contributed by atoms with Crippen LogP contribution in [0.4, 0.5) is 0 Å². The maximum absolute atomic E-state index is 4.30. The second-order valence-electron chi connectivity index (χ2n) is 6.77. The number of nitrogens with zero attached hydrogens (tertiary/aromatic N) is 4. The zero-order chi connectivity index (χ0) is 21.5. The van der Waals surface area contributed by atoms with Crippen molar-refractivity contribution in [2.45, 2.75) is 99.6 Å². The molecule has 0 aliphatic heterocycles. The summed E-state index contributed by atoms with van der Waals surface area (Å²) in [5.74, 6) is 2.46. The molecule has 0 aliphatic rings. The van der Waals surface area contributed by atoms with Crippen LogP contribution in [0.5, 0.6) is 0 Å². The normalized spacial score (nSPS) is 10.4. The van der Waals surface area contributed by atoms with Gasteiger partial charge in [0.1, 0.15) is 0 Å². The Bertz CT molecular complexity index is 518. The van der Waals surface area contributed by atoms with Crippen molar-refractivity contribution in [3.05, 3.63) is 11.6 Å². The fourth-order valence-corrected chi connectivity index (χ4v) is 8.61. The maximum atomic E-state index is 4.30. The third-order valence-electron chi connectivity index (χ3n) is 4.09. The van der Waals surface area contributed by atoms with Gasteiger partial charge in [0, 0.05) is 16.9 Å². The Morgan fingerprint density at radius 2 is 1.19 bits per heavy atom. The molecule has 0 unspecified atom stereocenters. The Morgan fingerprint density at radius 1 is 0.710 bits per heavy atom. The maximum Gasteiger partial charge on any atom is 0.185 e. The summed E-state index contributed by atoms with van der Waals surface area (Å²) in [5, 5.41) is 13.9. The second-order valence-corrected chi connectivity index (χ2v) is 13.7. The van der Waals surface area contributed by atoms with Gasteiger partial charge in [-0.1, -0.05) is 115 Å². The number of hydrogen-bond donors (Lipinski definition) is 0. The molecule has 0 saturated carbocycles. The lowest BCUT2D eigenvalue weighted by Crippen LogP contribution is -1.80. The van der Waals surface area contributed by atoms with Gasteiger partial charge < -0.3 is 0 Å². The van der Waals surface area contributed by atoms with E-state index in [1.807, 2.05) is 27.0 Å². The molecule has 0 atom stereocenters. The van der Waals surface area contributed by atoms with Crippen molar-refractivity contribution in [2.75, 3.05) is 11.5 Å². The van der Waals surface area contributed by atoms with Crippen molar-refractivity contribution in [2.24, 2.45) is 0 Å². The number of unbranched alkanes of at least 4 members (excludes halogenated alkanes) is 10. The van der Waals surface area contributed by atoms with Gasteiger partial charge in [0.2, 0.25) is 0 Å². The van der Waals surface area contributed by atoms with Crippen LogP contribution < -0.4 is 0 Å². The third kappa shape index (κ3) is 21.2. The summed E-state index contributed by atoms with van der Waals surface area (Å²) in [7, 11) is 7.47. The van der Waals surface area contributed by atoms with Crippen LogP contribution in [-0.4, -0.2) is 31.3 Å². The molecular weight excluding hydrogens is 521 g/mol. The van der Waals surface area contributed by atoms with Gasteiger partial charge in [-0.05, 0) is 46.0 Å². The van der Waals surface area contributed by atoms with Crippen molar-refractivity contribution in [3.8, 4) is 0 Å². The summed E-state index contributed by atoms with van der Waals surface area (Å²) in [4.78, 5) is 0. The van der Waals surface area contributed by atoms with Crippen LogP contribution in [0.1, 0.15) is 90.9 Å².